The minimum Gasteiger partial charge on any atom is -0.385 e. The Balaban J connectivity index is 2.21. The lowest BCUT2D eigenvalue weighted by Crippen LogP contribution is -2.36. The van der Waals surface area contributed by atoms with E-state index in [1.807, 2.05) is 0 Å². The Labute approximate surface area is 127 Å². The quantitative estimate of drug-likeness (QED) is 0.853. The number of ether oxygens (including phenoxy) is 1. The molecule has 6 nitrogen and oxygen atoms in total. The van der Waals surface area contributed by atoms with Gasteiger partial charge in [-0.05, 0) is 18.6 Å². The Bertz CT molecular complexity index is 601. The molecule has 1 heterocycles. The van der Waals surface area contributed by atoms with E-state index in [2.05, 4.69) is 10.3 Å². The first-order valence-electron chi connectivity index (χ1n) is 6.45. The molecule has 0 radical (unpaired) electrons. The van der Waals surface area contributed by atoms with Gasteiger partial charge in [-0.25, -0.2) is 4.98 Å². The van der Waals surface area contributed by atoms with Gasteiger partial charge in [-0.3, -0.25) is 4.79 Å². The molecule has 0 aliphatic heterocycles. The zero-order valence-electron chi connectivity index (χ0n) is 11.6. The number of benzene rings is 1. The van der Waals surface area contributed by atoms with E-state index in [1.54, 1.807) is 48.6 Å². The monoisotopic (exact) mass is 308 g/mol. The Morgan fingerprint density at radius 2 is 2.38 bits per heavy atom. The summed E-state index contributed by atoms with van der Waals surface area (Å²) in [5.41, 5.74) is 7.05. The summed E-state index contributed by atoms with van der Waals surface area (Å²) in [6.07, 6.45) is 5.45. The van der Waals surface area contributed by atoms with Gasteiger partial charge in [0.1, 0.15) is 0 Å². The molecule has 2 rings (SSSR count). The number of amides is 1. The summed E-state index contributed by atoms with van der Waals surface area (Å²) >= 11 is 6.22. The lowest BCUT2D eigenvalue weighted by atomic mass is 10.2. The number of para-hydroxylation sites is 1. The topological polar surface area (TPSA) is 82.2 Å². The minimum absolute atomic E-state index is 0.282. The fourth-order valence-electron chi connectivity index (χ4n) is 1.87. The van der Waals surface area contributed by atoms with E-state index in [0.717, 1.165) is 0 Å². The van der Waals surface area contributed by atoms with Crippen molar-refractivity contribution in [1.82, 2.24) is 9.55 Å². The molecule has 0 aliphatic rings. The van der Waals surface area contributed by atoms with Gasteiger partial charge in [0.2, 0.25) is 5.91 Å². The van der Waals surface area contributed by atoms with E-state index in [9.17, 15) is 4.79 Å². The van der Waals surface area contributed by atoms with Crippen molar-refractivity contribution < 1.29 is 9.53 Å². The van der Waals surface area contributed by atoms with Crippen molar-refractivity contribution in [1.29, 1.82) is 0 Å². The fourth-order valence-corrected chi connectivity index (χ4v) is 2.14. The van der Waals surface area contributed by atoms with E-state index in [0.29, 0.717) is 29.4 Å². The molecule has 1 atom stereocenters. The van der Waals surface area contributed by atoms with E-state index < -0.39 is 6.04 Å². The highest BCUT2D eigenvalue weighted by Crippen LogP contribution is 2.28. The number of rotatable bonds is 6. The molecule has 112 valence electrons. The number of halogens is 1. The maximum atomic E-state index is 12.1. The summed E-state index contributed by atoms with van der Waals surface area (Å²) in [7, 11) is 1.57. The number of aromatic nitrogens is 2. The van der Waals surface area contributed by atoms with Gasteiger partial charge in [0, 0.05) is 26.1 Å². The molecular formula is C14H17ClN4O2. The van der Waals surface area contributed by atoms with Crippen LogP contribution in [0.5, 0.6) is 0 Å². The molecular weight excluding hydrogens is 292 g/mol. The van der Waals surface area contributed by atoms with Crippen LogP contribution in [0.2, 0.25) is 5.02 Å². The van der Waals surface area contributed by atoms with Crippen molar-refractivity contribution >= 4 is 23.2 Å². The van der Waals surface area contributed by atoms with Crippen LogP contribution in [0.25, 0.3) is 5.69 Å². The fraction of sp³-hybridized carbons (Fsp3) is 0.286. The lowest BCUT2D eigenvalue weighted by Gasteiger charge is -2.16. The molecule has 1 aromatic carbocycles. The SMILES string of the molecule is COCCC(N)C(=O)Nc1cccc(Cl)c1-n1ccnc1. The molecule has 1 unspecified atom stereocenters. The van der Waals surface area contributed by atoms with Crippen LogP contribution >= 0.6 is 11.6 Å². The van der Waals surface area contributed by atoms with Crippen LogP contribution in [0, 0.1) is 0 Å². The second-order valence-corrected chi connectivity index (χ2v) is 4.89. The first kappa shape index (κ1) is 15.5. The molecule has 0 saturated carbocycles. The van der Waals surface area contributed by atoms with Crippen molar-refractivity contribution in [2.75, 3.05) is 19.0 Å². The van der Waals surface area contributed by atoms with Gasteiger partial charge in [-0.15, -0.1) is 0 Å². The molecule has 1 aromatic heterocycles. The maximum Gasteiger partial charge on any atom is 0.241 e. The normalized spacial score (nSPS) is 12.1. The third-order valence-corrected chi connectivity index (χ3v) is 3.28. The summed E-state index contributed by atoms with van der Waals surface area (Å²) in [6, 6.07) is 4.64. The number of carbonyl (C=O) groups excluding carboxylic acids is 1. The number of hydrogen-bond donors (Lipinski definition) is 2. The lowest BCUT2D eigenvalue weighted by molar-refractivity contribution is -0.117. The molecule has 0 aliphatic carbocycles. The Kier molecular flexibility index (Phi) is 5.32. The number of nitrogens with two attached hydrogens (primary N) is 1. The maximum absolute atomic E-state index is 12.1. The first-order chi connectivity index (χ1) is 10.1. The van der Waals surface area contributed by atoms with Crippen molar-refractivity contribution in [2.45, 2.75) is 12.5 Å². The summed E-state index contributed by atoms with van der Waals surface area (Å²) in [5.74, 6) is -0.282. The van der Waals surface area contributed by atoms with Crippen molar-refractivity contribution in [3.63, 3.8) is 0 Å². The molecule has 21 heavy (non-hydrogen) atoms. The van der Waals surface area contributed by atoms with Crippen LogP contribution in [0.1, 0.15) is 6.42 Å². The third-order valence-electron chi connectivity index (χ3n) is 2.98. The summed E-state index contributed by atoms with van der Waals surface area (Å²) in [4.78, 5) is 16.1. The van der Waals surface area contributed by atoms with Crippen molar-refractivity contribution in [3.8, 4) is 5.69 Å². The molecule has 3 N–H and O–H groups in total. The smallest absolute Gasteiger partial charge is 0.241 e. The number of imidazole rings is 1. The van der Waals surface area contributed by atoms with Gasteiger partial charge >= 0.3 is 0 Å². The van der Waals surface area contributed by atoms with Crippen molar-refractivity contribution in [2.24, 2.45) is 5.73 Å². The molecule has 0 saturated heterocycles. The zero-order valence-corrected chi connectivity index (χ0v) is 12.4. The van der Waals surface area contributed by atoms with Crippen LogP contribution < -0.4 is 11.1 Å². The average molecular weight is 309 g/mol. The number of anilines is 1. The van der Waals surface area contributed by atoms with Gasteiger partial charge in [0.15, 0.2) is 0 Å². The molecule has 0 fully saturated rings. The molecule has 2 aromatic rings. The number of nitrogens with one attached hydrogen (secondary N) is 1. The Morgan fingerprint density at radius 3 is 3.05 bits per heavy atom. The second-order valence-electron chi connectivity index (χ2n) is 4.48. The van der Waals surface area contributed by atoms with Gasteiger partial charge in [0.05, 0.1) is 28.8 Å². The average Bonchev–Trinajstić information content (AvgIpc) is 2.98. The highest BCUT2D eigenvalue weighted by Gasteiger charge is 2.16. The molecule has 0 bridgehead atoms. The van der Waals surface area contributed by atoms with Crippen LogP contribution in [0.4, 0.5) is 5.69 Å². The summed E-state index contributed by atoms with van der Waals surface area (Å²) in [5, 5.41) is 3.31. The molecule has 1 amide bonds. The number of nitrogens with zero attached hydrogens (tertiary/aromatic N) is 2. The Morgan fingerprint density at radius 1 is 1.57 bits per heavy atom. The predicted octanol–water partition coefficient (Wildman–Crippen LogP) is 1.83. The van der Waals surface area contributed by atoms with E-state index in [4.69, 9.17) is 22.1 Å². The number of carbonyl (C=O) groups is 1. The van der Waals surface area contributed by atoms with Gasteiger partial charge in [-0.2, -0.15) is 0 Å². The zero-order chi connectivity index (χ0) is 15.2. The summed E-state index contributed by atoms with van der Waals surface area (Å²) < 4.78 is 6.66. The summed E-state index contributed by atoms with van der Waals surface area (Å²) in [6.45, 7) is 0.429. The number of hydrogen-bond acceptors (Lipinski definition) is 4. The molecule has 7 heteroatoms. The van der Waals surface area contributed by atoms with Gasteiger partial charge in [-0.1, -0.05) is 17.7 Å². The van der Waals surface area contributed by atoms with Crippen LogP contribution in [0.3, 0.4) is 0 Å². The van der Waals surface area contributed by atoms with Gasteiger partial charge < -0.3 is 20.4 Å². The van der Waals surface area contributed by atoms with Crippen LogP contribution in [-0.4, -0.2) is 35.2 Å². The highest BCUT2D eigenvalue weighted by molar-refractivity contribution is 6.33. The number of methoxy groups -OCH3 is 1. The van der Waals surface area contributed by atoms with Gasteiger partial charge in [0.25, 0.3) is 0 Å². The standard InChI is InChI=1S/C14H17ClN4O2/c1-21-8-5-11(16)14(20)18-12-4-2-3-10(15)13(12)19-7-6-17-9-19/h2-4,6-7,9,11H,5,8,16H2,1H3,(H,18,20). The van der Waals surface area contributed by atoms with Crippen molar-refractivity contribution in [3.05, 3.63) is 41.9 Å². The third kappa shape index (κ3) is 3.81. The minimum atomic E-state index is -0.639. The van der Waals surface area contributed by atoms with Crippen LogP contribution in [-0.2, 0) is 9.53 Å². The molecule has 0 spiro atoms. The van der Waals surface area contributed by atoms with Crippen LogP contribution in [0.15, 0.2) is 36.9 Å². The first-order valence-corrected chi connectivity index (χ1v) is 6.83. The second kappa shape index (κ2) is 7.21. The highest BCUT2D eigenvalue weighted by atomic mass is 35.5. The Hall–Kier alpha value is -1.89. The van der Waals surface area contributed by atoms with E-state index in [1.165, 1.54) is 0 Å². The predicted molar refractivity (Wildman–Crippen MR) is 81.7 cm³/mol. The van der Waals surface area contributed by atoms with E-state index in [-0.39, 0.29) is 5.91 Å². The van der Waals surface area contributed by atoms with E-state index >= 15 is 0 Å². The largest absolute Gasteiger partial charge is 0.385 e.